The van der Waals surface area contributed by atoms with Crippen molar-refractivity contribution in [2.24, 2.45) is 5.73 Å². The Hall–Kier alpha value is -1.60. The lowest BCUT2D eigenvalue weighted by Gasteiger charge is -2.20. The summed E-state index contributed by atoms with van der Waals surface area (Å²) < 4.78 is 41.4. The second-order valence-electron chi connectivity index (χ2n) is 4.64. The summed E-state index contributed by atoms with van der Waals surface area (Å²) in [5, 5.41) is 3.87. The number of hydrogen-bond acceptors (Lipinski definition) is 4. The molecule has 0 aliphatic carbocycles. The highest BCUT2D eigenvalue weighted by Gasteiger charge is 2.40. The first-order valence-electron chi connectivity index (χ1n) is 5.63. The van der Waals surface area contributed by atoms with Gasteiger partial charge >= 0.3 is 12.1 Å². The van der Waals surface area contributed by atoms with Crippen LogP contribution < -0.4 is 5.73 Å². The van der Waals surface area contributed by atoms with Crippen LogP contribution in [-0.2, 0) is 18.1 Å². The topological polar surface area (TPSA) is 64.9 Å². The molecule has 108 valence electrons. The lowest BCUT2D eigenvalue weighted by atomic mass is 9.93. The minimum absolute atomic E-state index is 0.195. The summed E-state index contributed by atoms with van der Waals surface area (Å²) in [6.07, 6.45) is -4.43. The minimum atomic E-state index is -4.68. The Labute approximate surface area is 117 Å². The molecule has 0 saturated heterocycles. The highest BCUT2D eigenvalue weighted by atomic mass is 35.5. The number of aromatic nitrogens is 2. The first-order valence-corrected chi connectivity index (χ1v) is 6.01. The number of nitrogens with two attached hydrogens (primary N) is 1. The average Bonchev–Trinajstić information content (AvgIpc) is 2.82. The van der Waals surface area contributed by atoms with Crippen molar-refractivity contribution in [3.8, 4) is 0 Å². The summed E-state index contributed by atoms with van der Waals surface area (Å²) >= 11 is 5.76. The summed E-state index contributed by atoms with van der Waals surface area (Å²) in [6.45, 7) is 1.53. The molecule has 1 aromatic heterocycles. The molecule has 1 aromatic carbocycles. The molecule has 1 heterocycles. The Bertz CT molecular complexity index is 593. The molecule has 8 heteroatoms. The van der Waals surface area contributed by atoms with Gasteiger partial charge < -0.3 is 10.3 Å². The monoisotopic (exact) mass is 305 g/mol. The van der Waals surface area contributed by atoms with Crippen LogP contribution in [0.5, 0.6) is 0 Å². The van der Waals surface area contributed by atoms with Crippen LogP contribution in [0, 0.1) is 0 Å². The smallest absolute Gasteiger partial charge is 0.329 e. The maximum absolute atomic E-state index is 12.4. The van der Waals surface area contributed by atoms with Gasteiger partial charge in [0, 0.05) is 5.02 Å². The number of nitrogens with zero attached hydrogens (tertiary/aromatic N) is 2. The summed E-state index contributed by atoms with van der Waals surface area (Å²) in [4.78, 5) is 3.31. The largest absolute Gasteiger partial charge is 0.471 e. The Morgan fingerprint density at radius 2 is 1.85 bits per heavy atom. The van der Waals surface area contributed by atoms with Crippen LogP contribution in [0.1, 0.15) is 24.2 Å². The number of alkyl halides is 3. The van der Waals surface area contributed by atoms with Crippen LogP contribution in [0.4, 0.5) is 13.2 Å². The number of benzene rings is 1. The molecule has 0 aliphatic rings. The molecule has 1 unspecified atom stereocenters. The molecule has 0 bridgehead atoms. The van der Waals surface area contributed by atoms with Gasteiger partial charge in [0.2, 0.25) is 0 Å². The van der Waals surface area contributed by atoms with Gasteiger partial charge in [-0.05, 0) is 31.0 Å². The maximum atomic E-state index is 12.4. The maximum Gasteiger partial charge on any atom is 0.471 e. The van der Waals surface area contributed by atoms with Crippen molar-refractivity contribution in [3.63, 3.8) is 0 Å². The normalized spacial score (nSPS) is 15.1. The Morgan fingerprint density at radius 3 is 2.35 bits per heavy atom. The average molecular weight is 306 g/mol. The van der Waals surface area contributed by atoms with Crippen LogP contribution in [0.15, 0.2) is 28.8 Å². The molecule has 0 radical (unpaired) electrons. The van der Waals surface area contributed by atoms with Gasteiger partial charge in [-0.25, -0.2) is 0 Å². The van der Waals surface area contributed by atoms with Gasteiger partial charge in [-0.15, -0.1) is 0 Å². The number of halogens is 4. The van der Waals surface area contributed by atoms with Gasteiger partial charge in [-0.1, -0.05) is 28.9 Å². The van der Waals surface area contributed by atoms with Crippen molar-refractivity contribution >= 4 is 11.6 Å². The fourth-order valence-electron chi connectivity index (χ4n) is 1.68. The minimum Gasteiger partial charge on any atom is -0.329 e. The highest BCUT2D eigenvalue weighted by molar-refractivity contribution is 6.30. The molecule has 20 heavy (non-hydrogen) atoms. The molecule has 0 amide bonds. The van der Waals surface area contributed by atoms with E-state index in [-0.39, 0.29) is 12.2 Å². The first kappa shape index (κ1) is 14.8. The predicted octanol–water partition coefficient (Wildman–Crippen LogP) is 3.16. The predicted molar refractivity (Wildman–Crippen MR) is 66.0 cm³/mol. The zero-order valence-corrected chi connectivity index (χ0v) is 11.2. The van der Waals surface area contributed by atoms with Crippen LogP contribution in [0.25, 0.3) is 0 Å². The van der Waals surface area contributed by atoms with E-state index in [9.17, 15) is 13.2 Å². The van der Waals surface area contributed by atoms with Gasteiger partial charge in [0.1, 0.15) is 0 Å². The molecular weight excluding hydrogens is 295 g/mol. The molecule has 0 saturated carbocycles. The van der Waals surface area contributed by atoms with E-state index in [0.717, 1.165) is 5.56 Å². The molecule has 2 rings (SSSR count). The molecule has 0 spiro atoms. The quantitative estimate of drug-likeness (QED) is 0.946. The van der Waals surface area contributed by atoms with Crippen molar-refractivity contribution in [1.82, 2.24) is 10.1 Å². The highest BCUT2D eigenvalue weighted by Crippen LogP contribution is 2.29. The van der Waals surface area contributed by atoms with Gasteiger partial charge in [-0.2, -0.15) is 18.2 Å². The summed E-state index contributed by atoms with van der Waals surface area (Å²) in [5.74, 6) is -1.60. The number of hydrogen-bond donors (Lipinski definition) is 1. The zero-order chi connectivity index (χ0) is 15.0. The van der Waals surface area contributed by atoms with Crippen LogP contribution in [-0.4, -0.2) is 10.1 Å². The van der Waals surface area contributed by atoms with Crippen molar-refractivity contribution < 1.29 is 17.7 Å². The van der Waals surface area contributed by atoms with E-state index in [4.69, 9.17) is 17.3 Å². The Morgan fingerprint density at radius 1 is 1.25 bits per heavy atom. The Balaban J connectivity index is 2.21. The van der Waals surface area contributed by atoms with Gasteiger partial charge in [-0.3, -0.25) is 0 Å². The third kappa shape index (κ3) is 3.29. The van der Waals surface area contributed by atoms with Crippen LogP contribution in [0.3, 0.4) is 0 Å². The van der Waals surface area contributed by atoms with E-state index >= 15 is 0 Å². The lowest BCUT2D eigenvalue weighted by Crippen LogP contribution is -2.36. The molecule has 4 nitrogen and oxygen atoms in total. The van der Waals surface area contributed by atoms with Crippen LogP contribution >= 0.6 is 11.6 Å². The van der Waals surface area contributed by atoms with Gasteiger partial charge in [0.25, 0.3) is 0 Å². The zero-order valence-electron chi connectivity index (χ0n) is 10.4. The fourth-order valence-corrected chi connectivity index (χ4v) is 1.80. The third-order valence-electron chi connectivity index (χ3n) is 2.66. The van der Waals surface area contributed by atoms with Gasteiger partial charge in [0.15, 0.2) is 5.82 Å². The van der Waals surface area contributed by atoms with E-state index in [2.05, 4.69) is 14.7 Å². The van der Waals surface area contributed by atoms with E-state index in [1.165, 1.54) is 6.92 Å². The van der Waals surface area contributed by atoms with Crippen molar-refractivity contribution in [3.05, 3.63) is 46.6 Å². The molecule has 1 atom stereocenters. The van der Waals surface area contributed by atoms with Gasteiger partial charge in [0.05, 0.1) is 5.54 Å². The molecule has 0 fully saturated rings. The fraction of sp³-hybridized carbons (Fsp3) is 0.333. The lowest BCUT2D eigenvalue weighted by molar-refractivity contribution is -0.159. The van der Waals surface area contributed by atoms with Crippen LogP contribution in [0.2, 0.25) is 5.02 Å². The second kappa shape index (κ2) is 5.06. The molecular formula is C12H11ClF3N3O. The SMILES string of the molecule is CC(N)(Cc1ccc(Cl)cc1)c1noc(C(F)(F)F)n1. The summed E-state index contributed by atoms with van der Waals surface area (Å²) in [5.41, 5.74) is 5.60. The second-order valence-corrected chi connectivity index (χ2v) is 5.08. The van der Waals surface area contributed by atoms with E-state index in [0.29, 0.717) is 5.02 Å². The van der Waals surface area contributed by atoms with Crippen molar-refractivity contribution in [1.29, 1.82) is 0 Å². The Kier molecular flexibility index (Phi) is 3.75. The van der Waals surface area contributed by atoms with E-state index < -0.39 is 17.6 Å². The summed E-state index contributed by atoms with van der Waals surface area (Å²) in [7, 11) is 0. The third-order valence-corrected chi connectivity index (χ3v) is 2.92. The van der Waals surface area contributed by atoms with E-state index in [1.807, 2.05) is 0 Å². The van der Waals surface area contributed by atoms with E-state index in [1.54, 1.807) is 24.3 Å². The first-order chi connectivity index (χ1) is 9.18. The number of rotatable bonds is 3. The standard InChI is InChI=1S/C12H11ClF3N3O/c1-11(17,6-7-2-4-8(13)5-3-7)9-18-10(20-19-9)12(14,15)16/h2-5H,6,17H2,1H3. The summed E-state index contributed by atoms with van der Waals surface area (Å²) in [6, 6.07) is 6.81. The molecule has 2 aromatic rings. The molecule has 2 N–H and O–H groups in total. The van der Waals surface area contributed by atoms with Crippen molar-refractivity contribution in [2.45, 2.75) is 25.1 Å². The molecule has 0 aliphatic heterocycles. The van der Waals surface area contributed by atoms with Crippen molar-refractivity contribution in [2.75, 3.05) is 0 Å².